The summed E-state index contributed by atoms with van der Waals surface area (Å²) in [6.07, 6.45) is 0.979. The van der Waals surface area contributed by atoms with Crippen LogP contribution in [0, 0.1) is 12.8 Å². The highest BCUT2D eigenvalue weighted by Crippen LogP contribution is 2.03. The molecule has 0 fully saturated rings. The van der Waals surface area contributed by atoms with E-state index in [9.17, 15) is 4.79 Å². The van der Waals surface area contributed by atoms with E-state index in [0.717, 1.165) is 13.0 Å². The summed E-state index contributed by atoms with van der Waals surface area (Å²) in [6, 6.07) is 8.45. The molecule has 88 valence electrons. The SMILES string of the molecule is Cc1cccc(CCNCC(C)C(N)=O)c1. The normalized spacial score (nSPS) is 12.4. The molecule has 0 spiro atoms. The minimum absolute atomic E-state index is 0.0995. The molecular formula is C13H20N2O. The minimum atomic E-state index is -0.247. The Morgan fingerprint density at radius 3 is 2.88 bits per heavy atom. The second kappa shape index (κ2) is 6.28. The molecule has 0 saturated heterocycles. The first-order valence-electron chi connectivity index (χ1n) is 5.65. The van der Waals surface area contributed by atoms with Crippen LogP contribution in [-0.4, -0.2) is 19.0 Å². The van der Waals surface area contributed by atoms with E-state index >= 15 is 0 Å². The summed E-state index contributed by atoms with van der Waals surface area (Å²) in [7, 11) is 0. The molecule has 1 aromatic rings. The Labute approximate surface area is 97.0 Å². The van der Waals surface area contributed by atoms with Gasteiger partial charge in [-0.15, -0.1) is 0 Å². The number of nitrogens with two attached hydrogens (primary N) is 1. The van der Waals surface area contributed by atoms with Crippen molar-refractivity contribution in [3.8, 4) is 0 Å². The van der Waals surface area contributed by atoms with Gasteiger partial charge in [-0.1, -0.05) is 36.8 Å². The zero-order chi connectivity index (χ0) is 12.0. The van der Waals surface area contributed by atoms with E-state index in [4.69, 9.17) is 5.73 Å². The zero-order valence-corrected chi connectivity index (χ0v) is 9.99. The molecule has 1 aromatic carbocycles. The van der Waals surface area contributed by atoms with Gasteiger partial charge in [0.15, 0.2) is 0 Å². The average Bonchev–Trinajstić information content (AvgIpc) is 2.24. The number of hydrogen-bond donors (Lipinski definition) is 2. The van der Waals surface area contributed by atoms with Gasteiger partial charge < -0.3 is 11.1 Å². The number of nitrogens with one attached hydrogen (secondary N) is 1. The molecular weight excluding hydrogens is 200 g/mol. The molecule has 0 bridgehead atoms. The zero-order valence-electron chi connectivity index (χ0n) is 9.99. The molecule has 3 heteroatoms. The number of rotatable bonds is 6. The standard InChI is InChI=1S/C13H20N2O/c1-10-4-3-5-12(8-10)6-7-15-9-11(2)13(14)16/h3-5,8,11,15H,6-7,9H2,1-2H3,(H2,14,16). The lowest BCUT2D eigenvalue weighted by Crippen LogP contribution is -2.31. The highest BCUT2D eigenvalue weighted by molar-refractivity contribution is 5.76. The Morgan fingerprint density at radius 1 is 1.50 bits per heavy atom. The molecule has 0 aliphatic rings. The number of benzene rings is 1. The maximum Gasteiger partial charge on any atom is 0.221 e. The van der Waals surface area contributed by atoms with E-state index in [2.05, 4.69) is 36.5 Å². The number of carbonyl (C=O) groups excluding carboxylic acids is 1. The summed E-state index contributed by atoms with van der Waals surface area (Å²) in [6.45, 7) is 5.45. The van der Waals surface area contributed by atoms with Gasteiger partial charge in [0.25, 0.3) is 0 Å². The second-order valence-electron chi connectivity index (χ2n) is 4.25. The molecule has 3 N–H and O–H groups in total. The van der Waals surface area contributed by atoms with Gasteiger partial charge in [-0.25, -0.2) is 0 Å². The molecule has 0 aliphatic heterocycles. The summed E-state index contributed by atoms with van der Waals surface area (Å²) >= 11 is 0. The van der Waals surface area contributed by atoms with Crippen LogP contribution in [0.2, 0.25) is 0 Å². The number of carbonyl (C=O) groups is 1. The Bertz CT molecular complexity index is 350. The van der Waals surface area contributed by atoms with Crippen LogP contribution in [0.4, 0.5) is 0 Å². The predicted octanol–water partition coefficient (Wildman–Crippen LogP) is 1.25. The van der Waals surface area contributed by atoms with Gasteiger partial charge in [0.1, 0.15) is 0 Å². The van der Waals surface area contributed by atoms with Gasteiger partial charge in [-0.05, 0) is 25.5 Å². The molecule has 1 amide bonds. The van der Waals surface area contributed by atoms with Crippen molar-refractivity contribution in [3.05, 3.63) is 35.4 Å². The van der Waals surface area contributed by atoms with Crippen LogP contribution in [0.3, 0.4) is 0 Å². The lowest BCUT2D eigenvalue weighted by Gasteiger charge is -2.09. The topological polar surface area (TPSA) is 55.1 Å². The van der Waals surface area contributed by atoms with Crippen molar-refractivity contribution >= 4 is 5.91 Å². The fourth-order valence-corrected chi connectivity index (χ4v) is 1.52. The number of aryl methyl sites for hydroxylation is 1. The van der Waals surface area contributed by atoms with E-state index in [1.807, 2.05) is 6.92 Å². The van der Waals surface area contributed by atoms with Crippen LogP contribution in [0.5, 0.6) is 0 Å². The lowest BCUT2D eigenvalue weighted by atomic mass is 10.1. The van der Waals surface area contributed by atoms with Crippen LogP contribution in [-0.2, 0) is 11.2 Å². The largest absolute Gasteiger partial charge is 0.369 e. The van der Waals surface area contributed by atoms with Crippen molar-refractivity contribution < 1.29 is 4.79 Å². The lowest BCUT2D eigenvalue weighted by molar-refractivity contribution is -0.121. The van der Waals surface area contributed by atoms with E-state index in [0.29, 0.717) is 6.54 Å². The maximum atomic E-state index is 10.8. The van der Waals surface area contributed by atoms with Crippen molar-refractivity contribution in [2.75, 3.05) is 13.1 Å². The van der Waals surface area contributed by atoms with Crippen molar-refractivity contribution in [2.45, 2.75) is 20.3 Å². The Morgan fingerprint density at radius 2 is 2.25 bits per heavy atom. The van der Waals surface area contributed by atoms with Crippen molar-refractivity contribution in [2.24, 2.45) is 11.7 Å². The summed E-state index contributed by atoms with van der Waals surface area (Å²) < 4.78 is 0. The van der Waals surface area contributed by atoms with Crippen LogP contribution in [0.25, 0.3) is 0 Å². The first-order chi connectivity index (χ1) is 7.59. The highest BCUT2D eigenvalue weighted by Gasteiger charge is 2.06. The van der Waals surface area contributed by atoms with Crippen LogP contribution >= 0.6 is 0 Å². The van der Waals surface area contributed by atoms with Gasteiger partial charge in [-0.2, -0.15) is 0 Å². The first kappa shape index (κ1) is 12.7. The molecule has 3 nitrogen and oxygen atoms in total. The summed E-state index contributed by atoms with van der Waals surface area (Å²) in [5, 5.41) is 3.23. The Balaban J connectivity index is 2.23. The minimum Gasteiger partial charge on any atom is -0.369 e. The molecule has 0 saturated carbocycles. The monoisotopic (exact) mass is 220 g/mol. The first-order valence-corrected chi connectivity index (χ1v) is 5.65. The Kier molecular flexibility index (Phi) is 4.99. The summed E-state index contributed by atoms with van der Waals surface area (Å²) in [5.41, 5.74) is 7.77. The molecule has 16 heavy (non-hydrogen) atoms. The highest BCUT2D eigenvalue weighted by atomic mass is 16.1. The third-order valence-electron chi connectivity index (χ3n) is 2.61. The third-order valence-corrected chi connectivity index (χ3v) is 2.61. The van der Waals surface area contributed by atoms with Crippen LogP contribution < -0.4 is 11.1 Å². The molecule has 1 rings (SSSR count). The van der Waals surface area contributed by atoms with Crippen LogP contribution in [0.15, 0.2) is 24.3 Å². The van der Waals surface area contributed by atoms with Gasteiger partial charge in [-0.3, -0.25) is 4.79 Å². The van der Waals surface area contributed by atoms with Crippen molar-refractivity contribution in [1.29, 1.82) is 0 Å². The number of primary amides is 1. The second-order valence-corrected chi connectivity index (χ2v) is 4.25. The molecule has 1 atom stereocenters. The quantitative estimate of drug-likeness (QED) is 0.709. The summed E-state index contributed by atoms with van der Waals surface area (Å²) in [5.74, 6) is -0.347. The molecule has 0 heterocycles. The fourth-order valence-electron chi connectivity index (χ4n) is 1.52. The smallest absolute Gasteiger partial charge is 0.221 e. The van der Waals surface area contributed by atoms with Crippen molar-refractivity contribution in [1.82, 2.24) is 5.32 Å². The van der Waals surface area contributed by atoms with E-state index in [1.54, 1.807) is 0 Å². The average molecular weight is 220 g/mol. The Hall–Kier alpha value is -1.35. The fraction of sp³-hybridized carbons (Fsp3) is 0.462. The van der Waals surface area contributed by atoms with Crippen LogP contribution in [0.1, 0.15) is 18.1 Å². The van der Waals surface area contributed by atoms with E-state index < -0.39 is 0 Å². The van der Waals surface area contributed by atoms with Gasteiger partial charge in [0.2, 0.25) is 5.91 Å². The summed E-state index contributed by atoms with van der Waals surface area (Å²) in [4.78, 5) is 10.8. The number of amides is 1. The third kappa shape index (κ3) is 4.45. The van der Waals surface area contributed by atoms with Crippen molar-refractivity contribution in [3.63, 3.8) is 0 Å². The predicted molar refractivity (Wildman–Crippen MR) is 66.1 cm³/mol. The van der Waals surface area contributed by atoms with E-state index in [1.165, 1.54) is 11.1 Å². The molecule has 0 aromatic heterocycles. The maximum absolute atomic E-state index is 10.8. The van der Waals surface area contributed by atoms with Gasteiger partial charge >= 0.3 is 0 Å². The van der Waals surface area contributed by atoms with Gasteiger partial charge in [0, 0.05) is 12.5 Å². The molecule has 0 radical (unpaired) electrons. The van der Waals surface area contributed by atoms with E-state index in [-0.39, 0.29) is 11.8 Å². The molecule has 1 unspecified atom stereocenters. The van der Waals surface area contributed by atoms with Gasteiger partial charge in [0.05, 0.1) is 0 Å². The number of hydrogen-bond acceptors (Lipinski definition) is 2. The molecule has 0 aliphatic carbocycles.